The molecule has 0 saturated heterocycles. The molecule has 2 rings (SSSR count). The van der Waals surface area contributed by atoms with E-state index in [0.29, 0.717) is 5.02 Å². The Bertz CT molecular complexity index is 683. The van der Waals surface area contributed by atoms with Crippen molar-refractivity contribution in [3.05, 3.63) is 46.7 Å². The van der Waals surface area contributed by atoms with E-state index in [2.05, 4.69) is 20.7 Å². The Kier molecular flexibility index (Phi) is 6.93. The van der Waals surface area contributed by atoms with Crippen molar-refractivity contribution in [1.29, 1.82) is 0 Å². The van der Waals surface area contributed by atoms with Crippen LogP contribution in [0.4, 0.5) is 0 Å². The van der Waals surface area contributed by atoms with Gasteiger partial charge in [-0.05, 0) is 36.6 Å². The number of guanidine groups is 1. The average Bonchev–Trinajstić information content (AvgIpc) is 3.00. The molecule has 0 bridgehead atoms. The van der Waals surface area contributed by atoms with E-state index in [-0.39, 0.29) is 0 Å². The molecular formula is C17H24ClN5O. The summed E-state index contributed by atoms with van der Waals surface area (Å²) in [6.45, 7) is 4.32. The van der Waals surface area contributed by atoms with Crippen LogP contribution in [0, 0.1) is 6.92 Å². The zero-order valence-corrected chi connectivity index (χ0v) is 15.1. The number of benzene rings is 1. The highest BCUT2D eigenvalue weighted by Gasteiger charge is 2.03. The number of aliphatic imine (C=N–C) groups is 1. The fraction of sp³-hybridized carbons (Fsp3) is 0.412. The average molecular weight is 350 g/mol. The number of halogens is 1. The van der Waals surface area contributed by atoms with Crippen LogP contribution >= 0.6 is 11.6 Å². The first-order chi connectivity index (χ1) is 11.6. The molecule has 0 atom stereocenters. The Balaban J connectivity index is 1.73. The molecule has 1 aromatic carbocycles. The number of aryl methyl sites for hydroxylation is 1. The van der Waals surface area contributed by atoms with Crippen LogP contribution in [0.1, 0.15) is 11.1 Å². The summed E-state index contributed by atoms with van der Waals surface area (Å²) in [7, 11) is 3.39. The molecule has 0 spiro atoms. The molecule has 0 radical (unpaired) electrons. The highest BCUT2D eigenvalue weighted by atomic mass is 35.5. The van der Waals surface area contributed by atoms with Crippen molar-refractivity contribution in [3.8, 4) is 5.75 Å². The van der Waals surface area contributed by atoms with Gasteiger partial charge in [-0.25, -0.2) is 0 Å². The van der Waals surface area contributed by atoms with Gasteiger partial charge in [-0.1, -0.05) is 17.7 Å². The molecule has 1 heterocycles. The molecule has 2 N–H and O–H groups in total. The molecule has 0 aliphatic carbocycles. The predicted molar refractivity (Wildman–Crippen MR) is 98.0 cm³/mol. The van der Waals surface area contributed by atoms with Crippen molar-refractivity contribution in [2.75, 3.05) is 27.2 Å². The Morgan fingerprint density at radius 1 is 1.33 bits per heavy atom. The van der Waals surface area contributed by atoms with Crippen LogP contribution in [0.15, 0.2) is 35.6 Å². The monoisotopic (exact) mass is 349 g/mol. The van der Waals surface area contributed by atoms with E-state index < -0.39 is 0 Å². The van der Waals surface area contributed by atoms with Gasteiger partial charge in [0.2, 0.25) is 0 Å². The maximum atomic E-state index is 6.25. The zero-order valence-electron chi connectivity index (χ0n) is 14.3. The zero-order chi connectivity index (χ0) is 17.4. The molecule has 1 aromatic heterocycles. The molecule has 0 aliphatic rings. The van der Waals surface area contributed by atoms with Gasteiger partial charge < -0.3 is 15.4 Å². The molecule has 0 amide bonds. The number of aromatic nitrogens is 2. The summed E-state index contributed by atoms with van der Waals surface area (Å²) in [5.41, 5.74) is 2.24. The van der Waals surface area contributed by atoms with Crippen LogP contribution in [-0.2, 0) is 13.0 Å². The quantitative estimate of drug-likeness (QED) is 0.594. The maximum Gasteiger partial charge on any atom is 0.191 e. The van der Waals surface area contributed by atoms with E-state index in [1.807, 2.05) is 42.2 Å². The summed E-state index contributed by atoms with van der Waals surface area (Å²) in [6.07, 6.45) is 4.68. The minimum absolute atomic E-state index is 0.716. The number of nitrogens with one attached hydrogen (secondary N) is 2. The van der Waals surface area contributed by atoms with E-state index in [1.165, 1.54) is 0 Å². The van der Waals surface area contributed by atoms with E-state index >= 15 is 0 Å². The number of ether oxygens (including phenoxy) is 1. The van der Waals surface area contributed by atoms with E-state index in [4.69, 9.17) is 16.3 Å². The Hall–Kier alpha value is -2.21. The van der Waals surface area contributed by atoms with E-state index in [0.717, 1.165) is 48.9 Å². The van der Waals surface area contributed by atoms with Crippen molar-refractivity contribution < 1.29 is 4.74 Å². The topological polar surface area (TPSA) is 63.5 Å². The highest BCUT2D eigenvalue weighted by Crippen LogP contribution is 2.22. The van der Waals surface area contributed by atoms with Crippen LogP contribution < -0.4 is 15.4 Å². The molecule has 0 aliphatic heterocycles. The molecule has 0 unspecified atom stereocenters. The molecule has 6 nitrogen and oxygen atoms in total. The lowest BCUT2D eigenvalue weighted by Crippen LogP contribution is -2.39. The number of hydrogen-bond donors (Lipinski definition) is 2. The molecule has 2 aromatic rings. The van der Waals surface area contributed by atoms with Gasteiger partial charge in [0, 0.05) is 31.4 Å². The third-order valence-corrected chi connectivity index (χ3v) is 3.92. The first kappa shape index (κ1) is 18.1. The summed E-state index contributed by atoms with van der Waals surface area (Å²) in [6, 6.07) is 5.73. The van der Waals surface area contributed by atoms with Crippen molar-refractivity contribution in [2.24, 2.45) is 4.99 Å². The van der Waals surface area contributed by atoms with Gasteiger partial charge in [0.25, 0.3) is 0 Å². The number of methoxy groups -OCH3 is 1. The lowest BCUT2D eigenvalue weighted by atomic mass is 10.1. The van der Waals surface area contributed by atoms with Crippen molar-refractivity contribution in [2.45, 2.75) is 19.9 Å². The van der Waals surface area contributed by atoms with Gasteiger partial charge in [-0.2, -0.15) is 5.10 Å². The lowest BCUT2D eigenvalue weighted by molar-refractivity contribution is 0.414. The third-order valence-electron chi connectivity index (χ3n) is 3.57. The molecule has 7 heteroatoms. The molecule has 0 saturated carbocycles. The van der Waals surface area contributed by atoms with Crippen molar-refractivity contribution >= 4 is 17.6 Å². The van der Waals surface area contributed by atoms with Crippen LogP contribution in [-0.4, -0.2) is 43.0 Å². The van der Waals surface area contributed by atoms with Gasteiger partial charge in [0.05, 0.1) is 19.9 Å². The lowest BCUT2D eigenvalue weighted by Gasteiger charge is -2.12. The summed E-state index contributed by atoms with van der Waals surface area (Å²) in [4.78, 5) is 4.22. The number of hydrogen-bond acceptors (Lipinski definition) is 3. The minimum atomic E-state index is 0.716. The van der Waals surface area contributed by atoms with Crippen LogP contribution in [0.5, 0.6) is 5.75 Å². The standard InChI is InChI=1S/C17H24ClN5O/c1-13-11-22-23(12-13)9-8-21-17(19-2)20-7-6-14-4-5-15(24-3)10-16(14)18/h4-5,10-12H,6-9H2,1-3H3,(H2,19,20,21). The normalized spacial score (nSPS) is 11.4. The summed E-state index contributed by atoms with van der Waals surface area (Å²) in [5, 5.41) is 11.5. The summed E-state index contributed by atoms with van der Waals surface area (Å²) in [5.74, 6) is 1.53. The second-order valence-electron chi connectivity index (χ2n) is 5.41. The molecule has 0 fully saturated rings. The SMILES string of the molecule is CN=C(NCCc1ccc(OC)cc1Cl)NCCn1cc(C)cn1. The highest BCUT2D eigenvalue weighted by molar-refractivity contribution is 6.31. The number of nitrogens with zero attached hydrogens (tertiary/aromatic N) is 3. The molecule has 130 valence electrons. The maximum absolute atomic E-state index is 6.25. The van der Waals surface area contributed by atoms with Crippen LogP contribution in [0.3, 0.4) is 0 Å². The summed E-state index contributed by atoms with van der Waals surface area (Å²) < 4.78 is 7.07. The van der Waals surface area contributed by atoms with Crippen LogP contribution in [0.25, 0.3) is 0 Å². The second kappa shape index (κ2) is 9.17. The fourth-order valence-electron chi connectivity index (χ4n) is 2.27. The Morgan fingerprint density at radius 3 is 2.75 bits per heavy atom. The first-order valence-electron chi connectivity index (χ1n) is 7.88. The first-order valence-corrected chi connectivity index (χ1v) is 8.26. The van der Waals surface area contributed by atoms with Gasteiger partial charge >= 0.3 is 0 Å². The molecule has 24 heavy (non-hydrogen) atoms. The smallest absolute Gasteiger partial charge is 0.191 e. The predicted octanol–water partition coefficient (Wildman–Crippen LogP) is 2.26. The second-order valence-corrected chi connectivity index (χ2v) is 5.82. The summed E-state index contributed by atoms with van der Waals surface area (Å²) >= 11 is 6.25. The Morgan fingerprint density at radius 2 is 2.12 bits per heavy atom. The largest absolute Gasteiger partial charge is 0.497 e. The van der Waals surface area contributed by atoms with Crippen LogP contribution in [0.2, 0.25) is 5.02 Å². The van der Waals surface area contributed by atoms with Gasteiger partial charge in [0.1, 0.15) is 5.75 Å². The third kappa shape index (κ3) is 5.45. The van der Waals surface area contributed by atoms with Crippen molar-refractivity contribution in [1.82, 2.24) is 20.4 Å². The van der Waals surface area contributed by atoms with Crippen molar-refractivity contribution in [3.63, 3.8) is 0 Å². The van der Waals surface area contributed by atoms with E-state index in [1.54, 1.807) is 14.2 Å². The fourth-order valence-corrected chi connectivity index (χ4v) is 2.54. The van der Waals surface area contributed by atoms with Gasteiger partial charge in [0.15, 0.2) is 5.96 Å². The number of rotatable bonds is 7. The van der Waals surface area contributed by atoms with Gasteiger partial charge in [-0.3, -0.25) is 9.67 Å². The van der Waals surface area contributed by atoms with Gasteiger partial charge in [-0.15, -0.1) is 0 Å². The van der Waals surface area contributed by atoms with E-state index in [9.17, 15) is 0 Å². The molecular weight excluding hydrogens is 326 g/mol. The Labute approximate surface area is 147 Å². The minimum Gasteiger partial charge on any atom is -0.497 e.